The van der Waals surface area contributed by atoms with Crippen LogP contribution in [0, 0.1) is 0 Å². The van der Waals surface area contributed by atoms with E-state index in [1.54, 1.807) is 7.11 Å². The van der Waals surface area contributed by atoms with Crippen LogP contribution in [0.15, 0.2) is 35.9 Å². The van der Waals surface area contributed by atoms with Gasteiger partial charge in [0, 0.05) is 40.9 Å². The minimum Gasteiger partial charge on any atom is -0.478 e. The second-order valence-corrected chi connectivity index (χ2v) is 10.8. The normalized spacial score (nSPS) is 12.7. The highest BCUT2D eigenvalue weighted by atomic mass is 35.5. The Morgan fingerprint density at radius 1 is 1.16 bits per heavy atom. The molecule has 38 heavy (non-hydrogen) atoms. The molecule has 3 aromatic rings. The Kier molecular flexibility index (Phi) is 9.57. The van der Waals surface area contributed by atoms with Crippen LogP contribution < -0.4 is 5.32 Å². The summed E-state index contributed by atoms with van der Waals surface area (Å²) in [5.74, 6) is -1.47. The predicted octanol–water partition coefficient (Wildman–Crippen LogP) is 6.55. The molecule has 1 amide bonds. The number of methoxy groups -OCH3 is 1. The molecule has 1 aliphatic carbocycles. The van der Waals surface area contributed by atoms with Crippen molar-refractivity contribution in [3.05, 3.63) is 73.1 Å². The van der Waals surface area contributed by atoms with Crippen LogP contribution in [0.1, 0.15) is 45.3 Å². The molecule has 0 saturated heterocycles. The Bertz CT molecular complexity index is 1360. The van der Waals surface area contributed by atoms with E-state index in [4.69, 9.17) is 42.8 Å². The van der Waals surface area contributed by atoms with Gasteiger partial charge < -0.3 is 14.6 Å². The van der Waals surface area contributed by atoms with Gasteiger partial charge in [0.1, 0.15) is 0 Å². The molecule has 2 aromatic carbocycles. The number of anilines is 1. The zero-order valence-electron chi connectivity index (χ0n) is 21.1. The van der Waals surface area contributed by atoms with E-state index in [1.165, 1.54) is 47.6 Å². The van der Waals surface area contributed by atoms with E-state index in [0.29, 0.717) is 30.5 Å². The average molecular weight is 576 g/mol. The molecule has 1 aliphatic rings. The topological polar surface area (TPSA) is 97.8 Å². The summed E-state index contributed by atoms with van der Waals surface area (Å²) in [5, 5.41) is 12.9. The monoisotopic (exact) mass is 574 g/mol. The highest BCUT2D eigenvalue weighted by Crippen LogP contribution is 2.40. The molecule has 0 spiro atoms. The van der Waals surface area contributed by atoms with E-state index in [1.807, 2.05) is 0 Å². The van der Waals surface area contributed by atoms with Crippen molar-refractivity contribution in [1.82, 2.24) is 4.98 Å². The molecule has 10 heteroatoms. The van der Waals surface area contributed by atoms with E-state index in [0.717, 1.165) is 41.8 Å². The lowest BCUT2D eigenvalue weighted by atomic mass is 9.88. The van der Waals surface area contributed by atoms with E-state index in [9.17, 15) is 9.59 Å². The maximum atomic E-state index is 13.0. The predicted molar refractivity (Wildman–Crippen MR) is 152 cm³/mol. The summed E-state index contributed by atoms with van der Waals surface area (Å²) in [5.41, 5.74) is 5.32. The van der Waals surface area contributed by atoms with Crippen LogP contribution >= 0.6 is 34.5 Å². The van der Waals surface area contributed by atoms with Gasteiger partial charge in [-0.15, -0.1) is 11.3 Å². The van der Waals surface area contributed by atoms with E-state index in [2.05, 4.69) is 23.5 Å². The number of aromatic nitrogens is 1. The molecule has 0 radical (unpaired) electrons. The lowest BCUT2D eigenvalue weighted by Crippen LogP contribution is -2.12. The lowest BCUT2D eigenvalue weighted by molar-refractivity contribution is -0.132. The summed E-state index contributed by atoms with van der Waals surface area (Å²) in [6.45, 7) is 3.33. The number of carbonyl (C=O) groups excluding carboxylic acids is 1. The molecule has 200 valence electrons. The summed E-state index contributed by atoms with van der Waals surface area (Å²) in [4.78, 5) is 30.0. The number of ether oxygens (including phenoxy) is 2. The van der Waals surface area contributed by atoms with Crippen LogP contribution in [-0.4, -0.2) is 48.9 Å². The molecule has 0 fully saturated rings. The van der Waals surface area contributed by atoms with E-state index in [-0.39, 0.29) is 21.2 Å². The largest absolute Gasteiger partial charge is 0.478 e. The van der Waals surface area contributed by atoms with E-state index < -0.39 is 11.9 Å². The molecule has 0 atom stereocenters. The minimum absolute atomic E-state index is 0.0817. The maximum Gasteiger partial charge on any atom is 0.331 e. The number of nitrogens with one attached hydrogen (secondary N) is 1. The number of benzene rings is 2. The number of carboxylic acid groups (broad SMARTS) is 1. The van der Waals surface area contributed by atoms with Crippen LogP contribution in [0.5, 0.6) is 0 Å². The van der Waals surface area contributed by atoms with Crippen molar-refractivity contribution in [2.45, 2.75) is 32.6 Å². The SMILES string of the molecule is COCCOCCCc1cccc2c1CCc1sc(NC(=O)c3cc(Cl)c(/C=C(\C)C(=O)O)c(Cl)c3)nc1-2. The number of carbonyl (C=O) groups is 2. The molecule has 1 heterocycles. The summed E-state index contributed by atoms with van der Waals surface area (Å²) in [7, 11) is 1.66. The molecular formula is C28H28Cl2N2O5S. The molecule has 0 aliphatic heterocycles. The Hall–Kier alpha value is -2.75. The highest BCUT2D eigenvalue weighted by Gasteiger charge is 2.24. The number of carboxylic acids is 1. The third kappa shape index (κ3) is 6.62. The van der Waals surface area contributed by atoms with Gasteiger partial charge in [0.25, 0.3) is 5.91 Å². The van der Waals surface area contributed by atoms with Crippen molar-refractivity contribution < 1.29 is 24.2 Å². The van der Waals surface area contributed by atoms with Gasteiger partial charge in [-0.2, -0.15) is 0 Å². The smallest absolute Gasteiger partial charge is 0.331 e. The first-order valence-corrected chi connectivity index (χ1v) is 13.7. The summed E-state index contributed by atoms with van der Waals surface area (Å²) >= 11 is 14.1. The Balaban J connectivity index is 1.48. The number of fused-ring (bicyclic) bond motifs is 3. The average Bonchev–Trinajstić information content (AvgIpc) is 3.30. The van der Waals surface area contributed by atoms with Gasteiger partial charge in [0.2, 0.25) is 0 Å². The summed E-state index contributed by atoms with van der Waals surface area (Å²) < 4.78 is 10.6. The molecule has 7 nitrogen and oxygen atoms in total. The number of amides is 1. The standard InChI is InChI=1S/C28H28Cl2N2O5S/c1-16(27(34)35)13-21-22(29)14-18(15-23(21)30)26(33)32-28-31-25-20-7-3-5-17(6-4-10-37-12-11-36-2)19(20)8-9-24(25)38-28/h3,5,7,13-15H,4,6,8-12H2,1-2H3,(H,34,35)(H,31,32,33)/b16-13+. The Morgan fingerprint density at radius 2 is 1.92 bits per heavy atom. The number of thiazole rings is 1. The van der Waals surface area contributed by atoms with Crippen molar-refractivity contribution in [3.63, 3.8) is 0 Å². The highest BCUT2D eigenvalue weighted by molar-refractivity contribution is 7.16. The number of aryl methyl sites for hydroxylation is 2. The first kappa shape index (κ1) is 28.3. The van der Waals surface area contributed by atoms with Gasteiger partial charge in [-0.1, -0.05) is 41.4 Å². The first-order valence-electron chi connectivity index (χ1n) is 12.2. The fraction of sp³-hybridized carbons (Fsp3) is 0.321. The lowest BCUT2D eigenvalue weighted by Gasteiger charge is -2.18. The van der Waals surface area contributed by atoms with Crippen LogP contribution in [0.25, 0.3) is 17.3 Å². The van der Waals surface area contributed by atoms with Crippen LogP contribution in [0.2, 0.25) is 10.0 Å². The van der Waals surface area contributed by atoms with Crippen LogP contribution in [0.3, 0.4) is 0 Å². The maximum absolute atomic E-state index is 13.0. The van der Waals surface area contributed by atoms with Gasteiger partial charge in [-0.3, -0.25) is 10.1 Å². The molecule has 2 N–H and O–H groups in total. The van der Waals surface area contributed by atoms with Crippen LogP contribution in [0.4, 0.5) is 5.13 Å². The van der Waals surface area contributed by atoms with Gasteiger partial charge in [0.05, 0.1) is 29.0 Å². The zero-order chi connectivity index (χ0) is 27.2. The first-order chi connectivity index (χ1) is 18.3. The second kappa shape index (κ2) is 12.9. The number of aliphatic carboxylic acids is 1. The molecule has 4 rings (SSSR count). The second-order valence-electron chi connectivity index (χ2n) is 8.88. The third-order valence-electron chi connectivity index (χ3n) is 6.25. The Morgan fingerprint density at radius 3 is 2.63 bits per heavy atom. The number of hydrogen-bond donors (Lipinski definition) is 2. The van der Waals surface area contributed by atoms with Crippen molar-refractivity contribution in [3.8, 4) is 11.3 Å². The van der Waals surface area contributed by atoms with E-state index >= 15 is 0 Å². The molecule has 0 bridgehead atoms. The van der Waals surface area contributed by atoms with Crippen molar-refractivity contribution >= 4 is 57.6 Å². The number of hydrogen-bond acceptors (Lipinski definition) is 6. The quantitative estimate of drug-likeness (QED) is 0.199. The summed E-state index contributed by atoms with van der Waals surface area (Å²) in [6.07, 6.45) is 5.02. The van der Waals surface area contributed by atoms with Crippen molar-refractivity contribution in [2.75, 3.05) is 32.2 Å². The fourth-order valence-corrected chi connectivity index (χ4v) is 5.89. The number of rotatable bonds is 11. The molecule has 0 unspecified atom stereocenters. The third-order valence-corrected chi connectivity index (χ3v) is 7.91. The zero-order valence-corrected chi connectivity index (χ0v) is 23.4. The fourth-order valence-electron chi connectivity index (χ4n) is 4.32. The Labute approximate surface area is 235 Å². The summed E-state index contributed by atoms with van der Waals surface area (Å²) in [6, 6.07) is 9.24. The molecule has 0 saturated carbocycles. The minimum atomic E-state index is -1.08. The van der Waals surface area contributed by atoms with Crippen LogP contribution in [-0.2, 0) is 33.5 Å². The number of nitrogens with zero attached hydrogens (tertiary/aromatic N) is 1. The van der Waals surface area contributed by atoms with Gasteiger partial charge in [0.15, 0.2) is 5.13 Å². The molecule has 1 aromatic heterocycles. The van der Waals surface area contributed by atoms with Crippen molar-refractivity contribution in [2.24, 2.45) is 0 Å². The van der Waals surface area contributed by atoms with Gasteiger partial charge in [-0.25, -0.2) is 9.78 Å². The number of halogens is 2. The van der Waals surface area contributed by atoms with Gasteiger partial charge >= 0.3 is 5.97 Å². The molecular weight excluding hydrogens is 547 g/mol. The van der Waals surface area contributed by atoms with Gasteiger partial charge in [-0.05, 0) is 61.9 Å². The van der Waals surface area contributed by atoms with Crippen molar-refractivity contribution in [1.29, 1.82) is 0 Å².